The number of phenols is 1. The van der Waals surface area contributed by atoms with Crippen molar-refractivity contribution in [3.05, 3.63) is 65.7 Å². The van der Waals surface area contributed by atoms with Gasteiger partial charge in [0.1, 0.15) is 60.1 Å². The molecular formula is C61H97N17O17. The fourth-order valence-electron chi connectivity index (χ4n) is 9.34. The van der Waals surface area contributed by atoms with Gasteiger partial charge >= 0.3 is 5.97 Å². The van der Waals surface area contributed by atoms with Crippen LogP contribution in [0.25, 0.3) is 0 Å². The minimum absolute atomic E-state index is 0.00438. The van der Waals surface area contributed by atoms with E-state index in [2.05, 4.69) is 58.2 Å². The van der Waals surface area contributed by atoms with Crippen LogP contribution in [0.5, 0.6) is 5.75 Å². The number of aliphatic imine (C=N–C) groups is 1. The summed E-state index contributed by atoms with van der Waals surface area (Å²) in [5, 5.41) is 65.0. The first kappa shape index (κ1) is 81.6. The van der Waals surface area contributed by atoms with Gasteiger partial charge in [0.2, 0.25) is 70.9 Å². The number of nitrogens with zero attached hydrogens (tertiary/aromatic N) is 1. The van der Waals surface area contributed by atoms with E-state index in [0.717, 1.165) is 0 Å². The number of hydrogen-bond donors (Lipinski definition) is 20. The first-order valence-electron chi connectivity index (χ1n) is 31.2. The van der Waals surface area contributed by atoms with Gasteiger partial charge in [-0.3, -0.25) is 62.5 Å². The molecule has 0 saturated heterocycles. The van der Waals surface area contributed by atoms with Crippen LogP contribution in [0, 0.1) is 11.8 Å². The van der Waals surface area contributed by atoms with Gasteiger partial charge in [0.15, 0.2) is 5.96 Å². The fourth-order valence-corrected chi connectivity index (χ4v) is 9.34. The maximum atomic E-state index is 14.7. The summed E-state index contributed by atoms with van der Waals surface area (Å²) >= 11 is 0. The highest BCUT2D eigenvalue weighted by molar-refractivity contribution is 5.99. The number of primary amides is 2. The Balaban J connectivity index is 2.51. The van der Waals surface area contributed by atoms with Crippen LogP contribution in [0.3, 0.4) is 0 Å². The number of phenolic OH excluding ortho intramolecular Hbond substituents is 1. The number of nitrogens with two attached hydrogens (primary N) is 6. The quantitative estimate of drug-likeness (QED) is 0.0167. The summed E-state index contributed by atoms with van der Waals surface area (Å²) in [5.74, 6) is -14.5. The molecule has 0 unspecified atom stereocenters. The predicted molar refractivity (Wildman–Crippen MR) is 345 cm³/mol. The summed E-state index contributed by atoms with van der Waals surface area (Å²) in [6, 6.07) is -1.36. The third-order valence-corrected chi connectivity index (χ3v) is 14.9. The van der Waals surface area contributed by atoms with Gasteiger partial charge in [-0.25, -0.2) is 4.79 Å². The van der Waals surface area contributed by atoms with Gasteiger partial charge in [-0.15, -0.1) is 0 Å². The maximum absolute atomic E-state index is 14.7. The van der Waals surface area contributed by atoms with Crippen LogP contribution in [-0.4, -0.2) is 196 Å². The molecule has 0 radical (unpaired) electrons. The molecule has 0 aliphatic rings. The molecule has 0 heterocycles. The Kier molecular flexibility index (Phi) is 36.6. The Morgan fingerprint density at radius 3 is 1.51 bits per heavy atom. The number of rotatable bonds is 45. The number of carboxylic acid groups (broad SMARTS) is 1. The fraction of sp³-hybridized carbons (Fsp3) is 0.574. The number of hydrogen-bond acceptors (Lipinski definition) is 19. The Morgan fingerprint density at radius 1 is 0.516 bits per heavy atom. The minimum atomic E-state index is -1.87. The molecule has 12 amide bonds. The number of aromatic hydroxyl groups is 1. The molecule has 2 rings (SSSR count). The molecule has 34 heteroatoms. The number of carbonyl (C=O) groups is 13. The smallest absolute Gasteiger partial charge is 0.326 e. The minimum Gasteiger partial charge on any atom is -0.508 e. The number of unbranched alkanes of at least 4 members (excludes halogenated alkanes) is 1. The van der Waals surface area contributed by atoms with Gasteiger partial charge in [0.05, 0.1) is 25.3 Å². The van der Waals surface area contributed by atoms with Crippen molar-refractivity contribution in [2.45, 2.75) is 185 Å². The van der Waals surface area contributed by atoms with Crippen molar-refractivity contribution in [3.63, 3.8) is 0 Å². The summed E-state index contributed by atoms with van der Waals surface area (Å²) in [4.78, 5) is 179. The second kappa shape index (κ2) is 42.6. The van der Waals surface area contributed by atoms with Crippen LogP contribution >= 0.6 is 0 Å². The number of amides is 12. The zero-order chi connectivity index (χ0) is 71.5. The van der Waals surface area contributed by atoms with Crippen molar-refractivity contribution in [3.8, 4) is 5.75 Å². The van der Waals surface area contributed by atoms with Gasteiger partial charge in [-0.2, -0.15) is 0 Å². The van der Waals surface area contributed by atoms with Gasteiger partial charge in [-0.1, -0.05) is 76.6 Å². The average molecular weight is 1340 g/mol. The summed E-state index contributed by atoms with van der Waals surface area (Å²) < 4.78 is 0. The molecule has 26 N–H and O–H groups in total. The lowest BCUT2D eigenvalue weighted by atomic mass is 9.96. The average Bonchev–Trinajstić information content (AvgIpc) is 0.940. The van der Waals surface area contributed by atoms with E-state index in [0.29, 0.717) is 24.0 Å². The summed E-state index contributed by atoms with van der Waals surface area (Å²) in [5.41, 5.74) is 34.7. The van der Waals surface area contributed by atoms with Crippen molar-refractivity contribution in [2.75, 3.05) is 26.2 Å². The standard InChI is InChI=1S/C61H97N17O17/c1-6-33(4)49(58(92)73-41(21-23-46(64)82)52(86)69-30-48(84)70-39(15-10-11-25-62)53(87)75-44(60(94)95)27-32(2)3)77-55(89)40(16-12-26-68-61(66)67)71-56(90)43(29-36-17-19-37(81)20-18-36)74-54(88)42(22-24-47(65)83)72-57(91)45(31-79)76-59(93)50(34(5)80)78-51(85)38(63)28-35-13-8-7-9-14-35/h7-9,13-14,17-20,32-34,38-45,49-50,79-81H,6,10-12,15-16,21-31,62-63H2,1-5H3,(H2,64,82)(H2,65,83)(H,69,86)(H,70,84)(H,71,90)(H,72,91)(H,73,92)(H,74,88)(H,75,87)(H,76,93)(H,77,89)(H,78,85)(H,94,95)(H4,66,67,68)/t33-,34+,38-,39-,40-,41-,42-,43-,44-,45-,49-,50-/m0/s1. The predicted octanol–water partition coefficient (Wildman–Crippen LogP) is -5.75. The molecule has 2 aromatic carbocycles. The molecule has 0 fully saturated rings. The van der Waals surface area contributed by atoms with Crippen molar-refractivity contribution in [2.24, 2.45) is 51.2 Å². The van der Waals surface area contributed by atoms with E-state index in [1.165, 1.54) is 31.2 Å². The number of aliphatic hydroxyl groups is 2. The number of guanidine groups is 1. The molecule has 0 saturated carbocycles. The first-order chi connectivity index (χ1) is 44.8. The van der Waals surface area contributed by atoms with Crippen LogP contribution in [0.15, 0.2) is 59.6 Å². The van der Waals surface area contributed by atoms with Crippen LogP contribution in [0.1, 0.15) is 116 Å². The van der Waals surface area contributed by atoms with Crippen molar-refractivity contribution in [1.82, 2.24) is 53.2 Å². The Bertz CT molecular complexity index is 2920. The normalized spacial score (nSPS) is 14.8. The van der Waals surface area contributed by atoms with Gasteiger partial charge in [0.25, 0.3) is 0 Å². The summed E-state index contributed by atoms with van der Waals surface area (Å²) in [6.45, 7) is 6.23. The molecule has 34 nitrogen and oxygen atoms in total. The summed E-state index contributed by atoms with van der Waals surface area (Å²) in [7, 11) is 0. The van der Waals surface area contributed by atoms with Gasteiger partial charge in [-0.05, 0) is 106 Å². The van der Waals surface area contributed by atoms with E-state index in [1.54, 1.807) is 58.0 Å². The van der Waals surface area contributed by atoms with E-state index in [1.807, 2.05) is 0 Å². The molecule has 95 heavy (non-hydrogen) atoms. The Morgan fingerprint density at radius 2 is 0.979 bits per heavy atom. The van der Waals surface area contributed by atoms with Crippen molar-refractivity contribution in [1.29, 1.82) is 0 Å². The largest absolute Gasteiger partial charge is 0.508 e. The molecule has 2 aromatic rings. The first-order valence-corrected chi connectivity index (χ1v) is 31.2. The van der Waals surface area contributed by atoms with E-state index in [9.17, 15) is 82.8 Å². The zero-order valence-electron chi connectivity index (χ0n) is 54.2. The van der Waals surface area contributed by atoms with E-state index < -0.39 is 188 Å². The second-order valence-corrected chi connectivity index (χ2v) is 23.4. The number of carbonyl (C=O) groups excluding carboxylic acids is 12. The Labute approximate surface area is 550 Å². The lowest BCUT2D eigenvalue weighted by Crippen LogP contribution is -2.62. The number of benzene rings is 2. The molecule has 0 spiro atoms. The van der Waals surface area contributed by atoms with E-state index in [-0.39, 0.29) is 75.7 Å². The van der Waals surface area contributed by atoms with Crippen LogP contribution in [-0.2, 0) is 75.2 Å². The molecule has 0 bridgehead atoms. The molecule has 528 valence electrons. The maximum Gasteiger partial charge on any atom is 0.326 e. The SMILES string of the molecule is CC[C@H](C)[C@H](NC(=O)[C@H](CCCN=C(N)N)NC(=O)[C@H](Cc1ccc(O)cc1)NC(=O)[C@H](CCC(N)=O)NC(=O)[C@H](CO)NC(=O)[C@@H](NC(=O)[C@@H](N)Cc1ccccc1)[C@@H](C)O)C(=O)N[C@@H](CCC(N)=O)C(=O)NCC(=O)N[C@@H](CCCCN)C(=O)N[C@@H](CC(C)C)C(=O)O. The topological polar surface area (TPSA) is 592 Å². The second-order valence-electron chi connectivity index (χ2n) is 23.4. The summed E-state index contributed by atoms with van der Waals surface area (Å²) in [6.07, 6.45) is -2.89. The van der Waals surface area contributed by atoms with Crippen molar-refractivity contribution >= 4 is 82.8 Å². The molecule has 0 aromatic heterocycles. The lowest BCUT2D eigenvalue weighted by molar-refractivity contribution is -0.142. The van der Waals surface area contributed by atoms with Crippen LogP contribution in [0.2, 0.25) is 0 Å². The third kappa shape index (κ3) is 31.3. The number of nitrogens with one attached hydrogen (secondary N) is 10. The highest BCUT2D eigenvalue weighted by Gasteiger charge is 2.37. The van der Waals surface area contributed by atoms with Crippen LogP contribution in [0.4, 0.5) is 0 Å². The van der Waals surface area contributed by atoms with Crippen LogP contribution < -0.4 is 87.6 Å². The van der Waals surface area contributed by atoms with E-state index >= 15 is 0 Å². The molecule has 0 aliphatic carbocycles. The molecule has 0 aliphatic heterocycles. The van der Waals surface area contributed by atoms with Gasteiger partial charge < -0.3 is 108 Å². The number of aliphatic hydroxyl groups excluding tert-OH is 2. The monoisotopic (exact) mass is 1340 g/mol. The zero-order valence-corrected chi connectivity index (χ0v) is 54.2. The van der Waals surface area contributed by atoms with E-state index in [4.69, 9.17) is 34.4 Å². The Hall–Kier alpha value is -9.54. The molecular weight excluding hydrogens is 1240 g/mol. The van der Waals surface area contributed by atoms with Gasteiger partial charge in [0, 0.05) is 25.8 Å². The number of aliphatic carboxylic acids is 1. The highest BCUT2D eigenvalue weighted by Crippen LogP contribution is 2.16. The molecule has 12 atom stereocenters. The third-order valence-electron chi connectivity index (χ3n) is 14.9. The van der Waals surface area contributed by atoms with Crippen molar-refractivity contribution < 1.29 is 82.8 Å². The number of carboxylic acids is 1. The lowest BCUT2D eigenvalue weighted by Gasteiger charge is -2.29. The highest BCUT2D eigenvalue weighted by atomic mass is 16.4.